The molecule has 1 saturated carbocycles. The maximum Gasteiger partial charge on any atom is 0.0710 e. The third-order valence-corrected chi connectivity index (χ3v) is 5.37. The second-order valence-corrected chi connectivity index (χ2v) is 6.84. The standard InChI is InChI=1S/C15H28N2O/c1-12(16)13-5-9-17(10-13)11-14-4-8-15(18-14)6-2-3-7-15/h12-14H,2-11,16H2,1H3. The second kappa shape index (κ2) is 5.10. The van der Waals surface area contributed by atoms with E-state index < -0.39 is 0 Å². The number of nitrogens with zero attached hydrogens (tertiary/aromatic N) is 1. The fraction of sp³-hybridized carbons (Fsp3) is 1.00. The van der Waals surface area contributed by atoms with Crippen molar-refractivity contribution in [3.05, 3.63) is 0 Å². The molecule has 2 heterocycles. The zero-order chi connectivity index (χ0) is 12.6. The Labute approximate surface area is 111 Å². The van der Waals surface area contributed by atoms with Crippen molar-refractivity contribution in [2.24, 2.45) is 11.7 Å². The molecule has 18 heavy (non-hydrogen) atoms. The summed E-state index contributed by atoms with van der Waals surface area (Å²) in [7, 11) is 0. The predicted molar refractivity (Wildman–Crippen MR) is 73.5 cm³/mol. The van der Waals surface area contributed by atoms with Crippen LogP contribution in [0.3, 0.4) is 0 Å². The predicted octanol–water partition coefficient (Wildman–Crippen LogP) is 2.15. The van der Waals surface area contributed by atoms with Gasteiger partial charge in [-0.1, -0.05) is 12.8 Å². The van der Waals surface area contributed by atoms with E-state index in [1.807, 2.05) is 0 Å². The van der Waals surface area contributed by atoms with Crippen LogP contribution < -0.4 is 5.73 Å². The van der Waals surface area contributed by atoms with Crippen LogP contribution in [0.1, 0.15) is 51.9 Å². The molecule has 1 aliphatic carbocycles. The lowest BCUT2D eigenvalue weighted by Crippen LogP contribution is -2.35. The van der Waals surface area contributed by atoms with E-state index >= 15 is 0 Å². The van der Waals surface area contributed by atoms with Crippen LogP contribution in [0.25, 0.3) is 0 Å². The molecule has 0 aromatic carbocycles. The van der Waals surface area contributed by atoms with Crippen LogP contribution in [0.4, 0.5) is 0 Å². The number of hydrogen-bond donors (Lipinski definition) is 1. The first-order valence-electron chi connectivity index (χ1n) is 7.83. The molecule has 1 spiro atoms. The van der Waals surface area contributed by atoms with Gasteiger partial charge in [-0.2, -0.15) is 0 Å². The van der Waals surface area contributed by atoms with Crippen molar-refractivity contribution in [3.63, 3.8) is 0 Å². The summed E-state index contributed by atoms with van der Waals surface area (Å²) < 4.78 is 6.39. The molecule has 3 fully saturated rings. The van der Waals surface area contributed by atoms with Gasteiger partial charge in [-0.05, 0) is 51.5 Å². The van der Waals surface area contributed by atoms with Gasteiger partial charge in [0.2, 0.25) is 0 Å². The summed E-state index contributed by atoms with van der Waals surface area (Å²) in [6.07, 6.45) is 9.73. The molecule has 3 rings (SSSR count). The third kappa shape index (κ3) is 2.59. The van der Waals surface area contributed by atoms with Crippen LogP contribution in [-0.2, 0) is 4.74 Å². The Morgan fingerprint density at radius 3 is 2.72 bits per heavy atom. The normalized spacial score (nSPS) is 37.7. The number of rotatable bonds is 3. The Hall–Kier alpha value is -0.120. The Balaban J connectivity index is 1.47. The summed E-state index contributed by atoms with van der Waals surface area (Å²) in [5.74, 6) is 0.701. The lowest BCUT2D eigenvalue weighted by atomic mass is 9.98. The van der Waals surface area contributed by atoms with Crippen molar-refractivity contribution in [1.82, 2.24) is 4.90 Å². The molecule has 0 amide bonds. The minimum Gasteiger partial charge on any atom is -0.370 e. The lowest BCUT2D eigenvalue weighted by molar-refractivity contribution is -0.0456. The van der Waals surface area contributed by atoms with E-state index in [9.17, 15) is 0 Å². The largest absolute Gasteiger partial charge is 0.370 e. The molecule has 3 nitrogen and oxygen atoms in total. The Morgan fingerprint density at radius 2 is 2.06 bits per heavy atom. The summed E-state index contributed by atoms with van der Waals surface area (Å²) in [5.41, 5.74) is 6.30. The molecule has 3 aliphatic rings. The lowest BCUT2D eigenvalue weighted by Gasteiger charge is -2.26. The van der Waals surface area contributed by atoms with Gasteiger partial charge in [0, 0.05) is 19.1 Å². The Bertz CT molecular complexity index is 286. The zero-order valence-corrected chi connectivity index (χ0v) is 11.7. The van der Waals surface area contributed by atoms with Crippen molar-refractivity contribution < 1.29 is 4.74 Å². The molecule has 3 heteroatoms. The highest BCUT2D eigenvalue weighted by molar-refractivity contribution is 4.94. The average molecular weight is 252 g/mol. The minimum absolute atomic E-state index is 0.297. The van der Waals surface area contributed by atoms with E-state index in [1.54, 1.807) is 0 Å². The number of likely N-dealkylation sites (tertiary alicyclic amines) is 1. The van der Waals surface area contributed by atoms with Crippen molar-refractivity contribution in [2.75, 3.05) is 19.6 Å². The van der Waals surface area contributed by atoms with E-state index in [0.717, 1.165) is 6.54 Å². The van der Waals surface area contributed by atoms with Gasteiger partial charge >= 0.3 is 0 Å². The highest BCUT2D eigenvalue weighted by atomic mass is 16.5. The summed E-state index contributed by atoms with van der Waals surface area (Å²) in [5, 5.41) is 0. The quantitative estimate of drug-likeness (QED) is 0.836. The van der Waals surface area contributed by atoms with Crippen LogP contribution in [0.2, 0.25) is 0 Å². The first-order valence-corrected chi connectivity index (χ1v) is 7.83. The van der Waals surface area contributed by atoms with Crippen molar-refractivity contribution in [1.29, 1.82) is 0 Å². The molecule has 2 saturated heterocycles. The van der Waals surface area contributed by atoms with Crippen LogP contribution in [-0.4, -0.2) is 42.3 Å². The monoisotopic (exact) mass is 252 g/mol. The molecular weight excluding hydrogens is 224 g/mol. The van der Waals surface area contributed by atoms with Gasteiger partial charge in [-0.3, -0.25) is 0 Å². The van der Waals surface area contributed by atoms with Gasteiger partial charge in [0.05, 0.1) is 11.7 Å². The molecule has 2 N–H and O–H groups in total. The fourth-order valence-corrected chi connectivity index (χ4v) is 4.16. The average Bonchev–Trinajstić information content (AvgIpc) is 3.03. The van der Waals surface area contributed by atoms with E-state index in [0.29, 0.717) is 23.7 Å². The highest BCUT2D eigenvalue weighted by Crippen LogP contribution is 2.43. The number of nitrogens with two attached hydrogens (primary N) is 1. The zero-order valence-electron chi connectivity index (χ0n) is 11.7. The Morgan fingerprint density at radius 1 is 1.28 bits per heavy atom. The molecule has 0 aromatic heterocycles. The molecule has 104 valence electrons. The van der Waals surface area contributed by atoms with Gasteiger partial charge < -0.3 is 15.4 Å². The van der Waals surface area contributed by atoms with E-state index in [2.05, 4.69) is 11.8 Å². The molecule has 0 bridgehead atoms. The molecule has 3 unspecified atom stereocenters. The van der Waals surface area contributed by atoms with Crippen molar-refractivity contribution >= 4 is 0 Å². The summed E-state index contributed by atoms with van der Waals surface area (Å²) >= 11 is 0. The molecule has 0 radical (unpaired) electrons. The first-order chi connectivity index (χ1) is 8.67. The fourth-order valence-electron chi connectivity index (χ4n) is 4.16. The van der Waals surface area contributed by atoms with Crippen molar-refractivity contribution in [2.45, 2.75) is 69.6 Å². The number of hydrogen-bond acceptors (Lipinski definition) is 3. The van der Waals surface area contributed by atoms with Gasteiger partial charge in [-0.15, -0.1) is 0 Å². The first kappa shape index (κ1) is 12.9. The molecule has 3 atom stereocenters. The summed E-state index contributed by atoms with van der Waals surface area (Å²) in [6.45, 7) is 5.70. The van der Waals surface area contributed by atoms with Crippen LogP contribution in [0, 0.1) is 5.92 Å². The van der Waals surface area contributed by atoms with E-state index in [4.69, 9.17) is 10.5 Å². The minimum atomic E-state index is 0.297. The molecule has 0 aromatic rings. The van der Waals surface area contributed by atoms with E-state index in [1.165, 1.54) is 58.0 Å². The van der Waals surface area contributed by atoms with Crippen molar-refractivity contribution in [3.8, 4) is 0 Å². The van der Waals surface area contributed by atoms with Gasteiger partial charge in [0.25, 0.3) is 0 Å². The van der Waals surface area contributed by atoms with Gasteiger partial charge in [-0.25, -0.2) is 0 Å². The van der Waals surface area contributed by atoms with E-state index in [-0.39, 0.29) is 0 Å². The van der Waals surface area contributed by atoms with Gasteiger partial charge in [0.1, 0.15) is 0 Å². The van der Waals surface area contributed by atoms with Crippen LogP contribution in [0.15, 0.2) is 0 Å². The smallest absolute Gasteiger partial charge is 0.0710 e. The summed E-state index contributed by atoms with van der Waals surface area (Å²) in [6, 6.07) is 0.348. The summed E-state index contributed by atoms with van der Waals surface area (Å²) in [4.78, 5) is 2.58. The second-order valence-electron chi connectivity index (χ2n) is 6.84. The molecule has 2 aliphatic heterocycles. The third-order valence-electron chi connectivity index (χ3n) is 5.37. The topological polar surface area (TPSA) is 38.5 Å². The number of ether oxygens (including phenoxy) is 1. The molecular formula is C15H28N2O. The maximum absolute atomic E-state index is 6.39. The Kier molecular flexibility index (Phi) is 3.65. The van der Waals surface area contributed by atoms with Crippen LogP contribution >= 0.6 is 0 Å². The van der Waals surface area contributed by atoms with Gasteiger partial charge in [0.15, 0.2) is 0 Å². The van der Waals surface area contributed by atoms with Crippen LogP contribution in [0.5, 0.6) is 0 Å². The SMILES string of the molecule is CC(N)C1CCN(CC2CCC3(CCCC3)O2)C1. The maximum atomic E-state index is 6.39. The highest BCUT2D eigenvalue weighted by Gasteiger charge is 2.42.